The van der Waals surface area contributed by atoms with E-state index in [0.29, 0.717) is 10.7 Å². The van der Waals surface area contributed by atoms with E-state index in [4.69, 9.17) is 4.42 Å². The number of hydrogen-bond acceptors (Lipinski definition) is 3. The molecule has 112 valence electrons. The van der Waals surface area contributed by atoms with Crippen molar-refractivity contribution in [1.82, 2.24) is 4.72 Å². The monoisotopic (exact) mass is 305 g/mol. The zero-order valence-electron chi connectivity index (χ0n) is 12.1. The van der Waals surface area contributed by atoms with Gasteiger partial charge >= 0.3 is 0 Å². The molecule has 0 fully saturated rings. The standard InChI is InChI=1S/C16H19NO3S/c1-12-6-8-15(20-12)11-17-21(18,19)16-9-7-13-4-2-3-5-14(13)10-16/h6-10,17H,2-5,11H2,1H3. The Labute approximate surface area is 125 Å². The molecule has 2 aromatic rings. The van der Waals surface area contributed by atoms with E-state index < -0.39 is 10.0 Å². The van der Waals surface area contributed by atoms with E-state index in [1.807, 2.05) is 25.1 Å². The number of furan rings is 1. The Morgan fingerprint density at radius 2 is 1.86 bits per heavy atom. The van der Waals surface area contributed by atoms with Crippen LogP contribution in [0.2, 0.25) is 0 Å². The second kappa shape index (κ2) is 5.66. The van der Waals surface area contributed by atoms with Crippen LogP contribution in [0, 0.1) is 6.92 Å². The summed E-state index contributed by atoms with van der Waals surface area (Å²) < 4.78 is 32.7. The summed E-state index contributed by atoms with van der Waals surface area (Å²) in [5, 5.41) is 0. The fourth-order valence-corrected chi connectivity index (χ4v) is 3.75. The van der Waals surface area contributed by atoms with Crippen molar-refractivity contribution in [2.24, 2.45) is 0 Å². The van der Waals surface area contributed by atoms with Gasteiger partial charge in [0.1, 0.15) is 11.5 Å². The Kier molecular flexibility index (Phi) is 3.87. The van der Waals surface area contributed by atoms with Crippen molar-refractivity contribution in [3.05, 3.63) is 53.0 Å². The summed E-state index contributed by atoms with van der Waals surface area (Å²) in [5.41, 5.74) is 2.44. The lowest BCUT2D eigenvalue weighted by Crippen LogP contribution is -2.23. The molecule has 3 rings (SSSR count). The molecule has 0 spiro atoms. The Hall–Kier alpha value is -1.59. The molecule has 0 radical (unpaired) electrons. The molecular formula is C16H19NO3S. The van der Waals surface area contributed by atoms with Gasteiger partial charge in [-0.1, -0.05) is 6.07 Å². The number of sulfonamides is 1. The first-order valence-corrected chi connectivity index (χ1v) is 8.70. The van der Waals surface area contributed by atoms with Crippen LogP contribution >= 0.6 is 0 Å². The second-order valence-electron chi connectivity index (χ2n) is 5.47. The average molecular weight is 305 g/mol. The van der Waals surface area contributed by atoms with Crippen LogP contribution in [0.4, 0.5) is 0 Å². The smallest absolute Gasteiger partial charge is 0.240 e. The van der Waals surface area contributed by atoms with Gasteiger partial charge in [0, 0.05) is 0 Å². The summed E-state index contributed by atoms with van der Waals surface area (Å²) in [4.78, 5) is 0.339. The first kappa shape index (κ1) is 14.4. The molecule has 1 aromatic heterocycles. The third-order valence-electron chi connectivity index (χ3n) is 3.86. The maximum Gasteiger partial charge on any atom is 0.240 e. The molecule has 0 saturated carbocycles. The Morgan fingerprint density at radius 3 is 2.57 bits per heavy atom. The highest BCUT2D eigenvalue weighted by atomic mass is 32.2. The minimum atomic E-state index is -3.49. The molecule has 0 bridgehead atoms. The van der Waals surface area contributed by atoms with Crippen molar-refractivity contribution in [2.45, 2.75) is 44.0 Å². The van der Waals surface area contributed by atoms with Crippen LogP contribution in [0.3, 0.4) is 0 Å². The van der Waals surface area contributed by atoms with E-state index >= 15 is 0 Å². The van der Waals surface area contributed by atoms with E-state index in [9.17, 15) is 8.42 Å². The van der Waals surface area contributed by atoms with Crippen LogP contribution < -0.4 is 4.72 Å². The molecule has 0 saturated heterocycles. The van der Waals surface area contributed by atoms with E-state index in [0.717, 1.165) is 30.6 Å². The van der Waals surface area contributed by atoms with Crippen molar-refractivity contribution >= 4 is 10.0 Å². The average Bonchev–Trinajstić information content (AvgIpc) is 2.90. The van der Waals surface area contributed by atoms with E-state index in [2.05, 4.69) is 4.72 Å². The van der Waals surface area contributed by atoms with Crippen LogP contribution in [-0.4, -0.2) is 8.42 Å². The molecule has 5 heteroatoms. The molecule has 0 aliphatic heterocycles. The zero-order valence-corrected chi connectivity index (χ0v) is 12.9. The number of benzene rings is 1. The van der Waals surface area contributed by atoms with Crippen LogP contribution in [0.1, 0.15) is 35.5 Å². The van der Waals surface area contributed by atoms with Gasteiger partial charge in [-0.05, 0) is 68.0 Å². The van der Waals surface area contributed by atoms with Crippen molar-refractivity contribution in [3.63, 3.8) is 0 Å². The highest BCUT2D eigenvalue weighted by Crippen LogP contribution is 2.24. The summed E-state index contributed by atoms with van der Waals surface area (Å²) in [5.74, 6) is 1.40. The molecule has 4 nitrogen and oxygen atoms in total. The Bertz CT molecular complexity index is 747. The Balaban J connectivity index is 1.78. The molecule has 0 atom stereocenters. The highest BCUT2D eigenvalue weighted by molar-refractivity contribution is 7.89. The summed E-state index contributed by atoms with van der Waals surface area (Å²) in [6.07, 6.45) is 4.34. The Morgan fingerprint density at radius 1 is 1.10 bits per heavy atom. The second-order valence-corrected chi connectivity index (χ2v) is 7.24. The molecule has 1 heterocycles. The normalized spacial score (nSPS) is 14.9. The number of hydrogen-bond donors (Lipinski definition) is 1. The number of rotatable bonds is 4. The predicted molar refractivity (Wildman–Crippen MR) is 80.6 cm³/mol. The third kappa shape index (κ3) is 3.19. The van der Waals surface area contributed by atoms with Gasteiger partial charge in [0.15, 0.2) is 0 Å². The van der Waals surface area contributed by atoms with Gasteiger partial charge in [0.25, 0.3) is 0 Å². The minimum absolute atomic E-state index is 0.174. The van der Waals surface area contributed by atoms with E-state index in [1.54, 1.807) is 12.1 Å². The van der Waals surface area contributed by atoms with Gasteiger partial charge < -0.3 is 4.42 Å². The molecule has 21 heavy (non-hydrogen) atoms. The zero-order chi connectivity index (χ0) is 14.9. The number of fused-ring (bicyclic) bond motifs is 1. The predicted octanol–water partition coefficient (Wildman–Crippen LogP) is 2.95. The van der Waals surface area contributed by atoms with Gasteiger partial charge in [-0.15, -0.1) is 0 Å². The number of aryl methyl sites for hydroxylation is 3. The maximum atomic E-state index is 12.3. The largest absolute Gasteiger partial charge is 0.465 e. The van der Waals surface area contributed by atoms with Crippen molar-refractivity contribution in [2.75, 3.05) is 0 Å². The number of nitrogens with one attached hydrogen (secondary N) is 1. The fraction of sp³-hybridized carbons (Fsp3) is 0.375. The van der Waals surface area contributed by atoms with Crippen molar-refractivity contribution in [3.8, 4) is 0 Å². The van der Waals surface area contributed by atoms with Crippen LogP contribution in [0.25, 0.3) is 0 Å². The first-order valence-electron chi connectivity index (χ1n) is 7.21. The molecule has 0 unspecified atom stereocenters. The molecule has 1 N–H and O–H groups in total. The summed E-state index contributed by atoms with van der Waals surface area (Å²) >= 11 is 0. The molecule has 1 aliphatic carbocycles. The quantitative estimate of drug-likeness (QED) is 0.944. The lowest BCUT2D eigenvalue weighted by Gasteiger charge is -2.16. The maximum absolute atomic E-state index is 12.3. The third-order valence-corrected chi connectivity index (χ3v) is 5.26. The van der Waals surface area contributed by atoms with Crippen molar-refractivity contribution < 1.29 is 12.8 Å². The van der Waals surface area contributed by atoms with Crippen LogP contribution in [0.15, 0.2) is 39.6 Å². The molecular weight excluding hydrogens is 286 g/mol. The topological polar surface area (TPSA) is 59.3 Å². The summed E-state index contributed by atoms with van der Waals surface area (Å²) in [7, 11) is -3.49. The van der Waals surface area contributed by atoms with Gasteiger partial charge in [0.05, 0.1) is 11.4 Å². The van der Waals surface area contributed by atoms with Gasteiger partial charge in [-0.3, -0.25) is 0 Å². The fourth-order valence-electron chi connectivity index (χ4n) is 2.71. The van der Waals surface area contributed by atoms with Crippen molar-refractivity contribution in [1.29, 1.82) is 0 Å². The lowest BCUT2D eigenvalue weighted by atomic mass is 9.92. The molecule has 1 aromatic carbocycles. The van der Waals surface area contributed by atoms with Gasteiger partial charge in [-0.25, -0.2) is 13.1 Å². The van der Waals surface area contributed by atoms with Gasteiger partial charge in [0.2, 0.25) is 10.0 Å². The van der Waals surface area contributed by atoms with Crippen LogP contribution in [-0.2, 0) is 29.4 Å². The molecule has 0 amide bonds. The SMILES string of the molecule is Cc1ccc(CNS(=O)(=O)c2ccc3c(c2)CCCC3)o1. The first-order chi connectivity index (χ1) is 10.0. The van der Waals surface area contributed by atoms with E-state index in [-0.39, 0.29) is 6.54 Å². The molecule has 1 aliphatic rings. The summed E-state index contributed by atoms with van der Waals surface area (Å²) in [6, 6.07) is 9.05. The van der Waals surface area contributed by atoms with Gasteiger partial charge in [-0.2, -0.15) is 0 Å². The lowest BCUT2D eigenvalue weighted by molar-refractivity contribution is 0.475. The van der Waals surface area contributed by atoms with E-state index in [1.165, 1.54) is 12.0 Å². The summed E-state index contributed by atoms with van der Waals surface area (Å²) in [6.45, 7) is 2.01. The highest BCUT2D eigenvalue weighted by Gasteiger charge is 2.18. The van der Waals surface area contributed by atoms with Crippen LogP contribution in [0.5, 0.6) is 0 Å². The minimum Gasteiger partial charge on any atom is -0.465 e.